The number of aromatic nitrogens is 2. The van der Waals surface area contributed by atoms with E-state index in [2.05, 4.69) is 48.4 Å². The molecule has 4 rings (SSSR count). The zero-order valence-corrected chi connectivity index (χ0v) is 27.9. The number of carbonyl (C=O) groups is 4. The molecule has 0 saturated carbocycles. The molecule has 1 atom stereocenters. The van der Waals surface area contributed by atoms with Gasteiger partial charge in [0.2, 0.25) is 17.8 Å². The van der Waals surface area contributed by atoms with Crippen LogP contribution in [0.4, 0.5) is 41.9 Å². The van der Waals surface area contributed by atoms with Crippen molar-refractivity contribution in [2.24, 2.45) is 0 Å². The van der Waals surface area contributed by atoms with Gasteiger partial charge >= 0.3 is 6.18 Å². The quantitative estimate of drug-likeness (QED) is 0.0644. The maximum absolute atomic E-state index is 13.1. The molecule has 1 aromatic heterocycles. The summed E-state index contributed by atoms with van der Waals surface area (Å²) in [7, 11) is 1.84. The molecule has 6 N–H and O–H groups in total. The van der Waals surface area contributed by atoms with Crippen molar-refractivity contribution in [3.8, 4) is 0 Å². The number of hydrogen-bond donors (Lipinski definition) is 6. The topological polar surface area (TPSA) is 166 Å². The van der Waals surface area contributed by atoms with Gasteiger partial charge in [-0.1, -0.05) is 24.8 Å². The number of rotatable bonds is 15. The number of carbonyl (C=O) groups excluding carboxylic acids is 4. The molecular formula is C36H37F3N8O4. The number of unbranched alkanes of at least 4 members (excludes halogenated alkanes) is 1. The first-order chi connectivity index (χ1) is 24.4. The highest BCUT2D eigenvalue weighted by Crippen LogP contribution is 2.30. The molecule has 0 spiro atoms. The Morgan fingerprint density at radius 2 is 1.51 bits per heavy atom. The summed E-state index contributed by atoms with van der Waals surface area (Å²) in [6, 6.07) is 14.7. The second-order valence-corrected chi connectivity index (χ2v) is 11.4. The summed E-state index contributed by atoms with van der Waals surface area (Å²) >= 11 is 0. The van der Waals surface area contributed by atoms with Crippen molar-refractivity contribution < 1.29 is 32.3 Å². The van der Waals surface area contributed by atoms with Gasteiger partial charge in [-0.25, -0.2) is 9.97 Å². The van der Waals surface area contributed by atoms with Crippen LogP contribution in [0.1, 0.15) is 51.1 Å². The standard InChI is InChI=1S/C36H37F3N8O4/c1-4-31(48)47-30(13-5-6-16-40-3)34(51)44-25-11-8-12-26(18-25)46-35-41-20-28(21-42-35)45-33(50)29-19-27(15-14-22(29)2)43-32(49)23-9-7-10-24(17-23)36(37,38)39/h4,7-12,14-15,17-21,30,40H,1,5-6,13,16H2,2-3H3,(H,43,49)(H,44,51)(H,45,50)(H,47,48)(H,41,42,46)/t30-/m0/s1. The largest absolute Gasteiger partial charge is 0.416 e. The van der Waals surface area contributed by atoms with Gasteiger partial charge in [-0.15, -0.1) is 0 Å². The minimum Gasteiger partial charge on any atom is -0.341 e. The predicted molar refractivity (Wildman–Crippen MR) is 189 cm³/mol. The minimum atomic E-state index is -4.60. The van der Waals surface area contributed by atoms with E-state index in [1.807, 2.05) is 7.05 Å². The number of alkyl halides is 3. The fraction of sp³-hybridized carbons (Fsp3) is 0.222. The molecule has 1 heterocycles. The van der Waals surface area contributed by atoms with E-state index in [4.69, 9.17) is 0 Å². The number of hydrogen-bond acceptors (Lipinski definition) is 8. The van der Waals surface area contributed by atoms with Crippen LogP contribution in [0.2, 0.25) is 0 Å². The summed E-state index contributed by atoms with van der Waals surface area (Å²) in [5, 5.41) is 16.8. The molecule has 266 valence electrons. The van der Waals surface area contributed by atoms with Gasteiger partial charge in [-0.05, 0) is 99.9 Å². The molecule has 0 aliphatic carbocycles. The van der Waals surface area contributed by atoms with Crippen LogP contribution >= 0.6 is 0 Å². The fourth-order valence-corrected chi connectivity index (χ4v) is 4.82. The molecule has 0 radical (unpaired) electrons. The molecule has 0 saturated heterocycles. The Labute approximate surface area is 292 Å². The predicted octanol–water partition coefficient (Wildman–Crippen LogP) is 6.05. The van der Waals surface area contributed by atoms with Gasteiger partial charge in [0.25, 0.3) is 11.8 Å². The van der Waals surface area contributed by atoms with Crippen molar-refractivity contribution in [2.75, 3.05) is 34.9 Å². The van der Waals surface area contributed by atoms with Crippen molar-refractivity contribution in [3.05, 3.63) is 114 Å². The van der Waals surface area contributed by atoms with Gasteiger partial charge in [0, 0.05) is 28.2 Å². The maximum atomic E-state index is 13.1. The highest BCUT2D eigenvalue weighted by atomic mass is 19.4. The van der Waals surface area contributed by atoms with E-state index in [0.29, 0.717) is 23.4 Å². The molecule has 0 aliphatic heterocycles. The third-order valence-electron chi connectivity index (χ3n) is 7.48. The van der Waals surface area contributed by atoms with Gasteiger partial charge in [-0.2, -0.15) is 13.2 Å². The third-order valence-corrected chi connectivity index (χ3v) is 7.48. The summed E-state index contributed by atoms with van der Waals surface area (Å²) in [6.45, 7) is 5.93. The second-order valence-electron chi connectivity index (χ2n) is 11.4. The number of anilines is 5. The summed E-state index contributed by atoms with van der Waals surface area (Å²) in [5.74, 6) is -1.91. The lowest BCUT2D eigenvalue weighted by Crippen LogP contribution is -2.43. The van der Waals surface area contributed by atoms with Crippen molar-refractivity contribution >= 4 is 52.3 Å². The molecule has 0 bridgehead atoms. The number of halogens is 3. The van der Waals surface area contributed by atoms with E-state index < -0.39 is 35.5 Å². The lowest BCUT2D eigenvalue weighted by atomic mass is 10.1. The van der Waals surface area contributed by atoms with E-state index in [1.54, 1.807) is 37.3 Å². The Hall–Kier alpha value is -6.09. The first-order valence-corrected chi connectivity index (χ1v) is 15.8. The molecule has 51 heavy (non-hydrogen) atoms. The van der Waals surface area contributed by atoms with Crippen LogP contribution in [-0.4, -0.2) is 53.2 Å². The molecule has 0 aliphatic rings. The van der Waals surface area contributed by atoms with Crippen LogP contribution in [0.3, 0.4) is 0 Å². The molecule has 3 aromatic carbocycles. The van der Waals surface area contributed by atoms with Crippen molar-refractivity contribution in [3.63, 3.8) is 0 Å². The van der Waals surface area contributed by atoms with Crippen LogP contribution in [0.25, 0.3) is 0 Å². The monoisotopic (exact) mass is 702 g/mol. The summed E-state index contributed by atoms with van der Waals surface area (Å²) in [5.41, 5.74) is 1.17. The van der Waals surface area contributed by atoms with E-state index in [0.717, 1.165) is 43.7 Å². The first-order valence-electron chi connectivity index (χ1n) is 15.8. The number of amides is 4. The SMILES string of the molecule is C=CC(=O)N[C@@H](CCCCNC)C(=O)Nc1cccc(Nc2ncc(NC(=O)c3cc(NC(=O)c4cccc(C(F)(F)F)c4)ccc3C)cn2)c1. The third kappa shape index (κ3) is 11.2. The summed E-state index contributed by atoms with van der Waals surface area (Å²) in [4.78, 5) is 59.2. The van der Waals surface area contributed by atoms with Gasteiger partial charge in [0.15, 0.2) is 0 Å². The zero-order chi connectivity index (χ0) is 37.0. The number of nitrogens with zero attached hydrogens (tertiary/aromatic N) is 2. The smallest absolute Gasteiger partial charge is 0.341 e. The molecule has 4 amide bonds. The Kier molecular flexibility index (Phi) is 13.0. The van der Waals surface area contributed by atoms with Crippen LogP contribution in [0.15, 0.2) is 91.8 Å². The lowest BCUT2D eigenvalue weighted by molar-refractivity contribution is -0.137. The lowest BCUT2D eigenvalue weighted by Gasteiger charge is -2.18. The minimum absolute atomic E-state index is 0.187. The van der Waals surface area contributed by atoms with Crippen molar-refractivity contribution in [2.45, 2.75) is 38.4 Å². The van der Waals surface area contributed by atoms with Gasteiger partial charge in [0.1, 0.15) is 6.04 Å². The highest BCUT2D eigenvalue weighted by Gasteiger charge is 2.31. The zero-order valence-electron chi connectivity index (χ0n) is 27.9. The second kappa shape index (κ2) is 17.5. The fourth-order valence-electron chi connectivity index (χ4n) is 4.82. The Morgan fingerprint density at radius 1 is 0.824 bits per heavy atom. The van der Waals surface area contributed by atoms with Crippen LogP contribution in [0, 0.1) is 6.92 Å². The molecule has 4 aromatic rings. The normalized spacial score (nSPS) is 11.5. The molecule has 15 heteroatoms. The molecular weight excluding hydrogens is 665 g/mol. The van der Waals surface area contributed by atoms with E-state index in [-0.39, 0.29) is 34.4 Å². The summed E-state index contributed by atoms with van der Waals surface area (Å²) < 4.78 is 39.3. The van der Waals surface area contributed by atoms with Crippen molar-refractivity contribution in [1.29, 1.82) is 0 Å². The number of aryl methyl sites for hydroxylation is 1. The molecule has 0 unspecified atom stereocenters. The van der Waals surface area contributed by atoms with Gasteiger partial charge in [0.05, 0.1) is 23.6 Å². The van der Waals surface area contributed by atoms with Crippen LogP contribution < -0.4 is 31.9 Å². The van der Waals surface area contributed by atoms with E-state index in [1.165, 1.54) is 30.6 Å². The van der Waals surface area contributed by atoms with E-state index in [9.17, 15) is 32.3 Å². The molecule has 12 nitrogen and oxygen atoms in total. The van der Waals surface area contributed by atoms with Gasteiger partial charge < -0.3 is 31.9 Å². The van der Waals surface area contributed by atoms with Gasteiger partial charge in [-0.3, -0.25) is 19.2 Å². The molecule has 0 fully saturated rings. The van der Waals surface area contributed by atoms with Crippen LogP contribution in [-0.2, 0) is 15.8 Å². The average molecular weight is 703 g/mol. The number of nitrogens with one attached hydrogen (secondary N) is 6. The first kappa shape index (κ1) is 37.7. The maximum Gasteiger partial charge on any atom is 0.416 e. The highest BCUT2D eigenvalue weighted by molar-refractivity contribution is 6.08. The Bertz CT molecular complexity index is 1880. The summed E-state index contributed by atoms with van der Waals surface area (Å²) in [6.07, 6.45) is 1.30. The number of benzene rings is 3. The Morgan fingerprint density at radius 3 is 2.22 bits per heavy atom. The average Bonchev–Trinajstić information content (AvgIpc) is 3.10. The van der Waals surface area contributed by atoms with Crippen LogP contribution in [0.5, 0.6) is 0 Å². The van der Waals surface area contributed by atoms with Crippen molar-refractivity contribution in [1.82, 2.24) is 20.6 Å². The Balaban J connectivity index is 1.37. The van der Waals surface area contributed by atoms with E-state index >= 15 is 0 Å².